The fraction of sp³-hybridized carbons (Fsp3) is 1.00. The minimum Gasteiger partial charge on any atom is -0.393 e. The van der Waals surface area contributed by atoms with Gasteiger partial charge in [-0.1, -0.05) is 32.6 Å². The molecule has 0 spiro atoms. The van der Waals surface area contributed by atoms with E-state index in [0.717, 1.165) is 35.5 Å². The van der Waals surface area contributed by atoms with Crippen molar-refractivity contribution in [2.75, 3.05) is 0 Å². The summed E-state index contributed by atoms with van der Waals surface area (Å²) in [5.41, 5.74) is 0. The van der Waals surface area contributed by atoms with Crippen molar-refractivity contribution in [3.63, 3.8) is 0 Å². The molecule has 18 heavy (non-hydrogen) atoms. The monoisotopic (exact) mass is 248 g/mol. The first kappa shape index (κ1) is 11.8. The fourth-order valence-electron chi connectivity index (χ4n) is 6.33. The van der Waals surface area contributed by atoms with Gasteiger partial charge in [-0.3, -0.25) is 0 Å². The maximum atomic E-state index is 10.9. The molecular weight excluding hydrogens is 220 g/mol. The molecule has 0 radical (unpaired) electrons. The fourth-order valence-corrected chi connectivity index (χ4v) is 6.33. The van der Waals surface area contributed by atoms with Crippen LogP contribution in [-0.2, 0) is 0 Å². The molecule has 0 amide bonds. The first-order valence-electron chi connectivity index (χ1n) is 8.49. The molecule has 4 rings (SSSR count). The Morgan fingerprint density at radius 1 is 1.00 bits per heavy atom. The summed E-state index contributed by atoms with van der Waals surface area (Å²) in [7, 11) is 0. The minimum absolute atomic E-state index is 0.0636. The normalized spacial score (nSPS) is 55.3. The zero-order valence-corrected chi connectivity index (χ0v) is 11.7. The number of fused-ring (bicyclic) bond motifs is 5. The lowest BCUT2D eigenvalue weighted by atomic mass is 9.73. The number of aliphatic hydroxyl groups is 1. The molecule has 7 atom stereocenters. The number of hydrogen-bond donors (Lipinski definition) is 1. The van der Waals surface area contributed by atoms with Crippen molar-refractivity contribution < 1.29 is 5.11 Å². The van der Waals surface area contributed by atoms with E-state index in [1.807, 2.05) is 0 Å². The van der Waals surface area contributed by atoms with Gasteiger partial charge in [-0.15, -0.1) is 0 Å². The highest BCUT2D eigenvalue weighted by molar-refractivity contribution is 5.15. The van der Waals surface area contributed by atoms with Crippen molar-refractivity contribution in [2.24, 2.45) is 41.4 Å². The third-order valence-corrected chi connectivity index (χ3v) is 7.12. The van der Waals surface area contributed by atoms with Crippen LogP contribution in [-0.4, -0.2) is 11.2 Å². The van der Waals surface area contributed by atoms with Crippen LogP contribution in [0.25, 0.3) is 0 Å². The lowest BCUT2D eigenvalue weighted by Crippen LogP contribution is -2.33. The largest absolute Gasteiger partial charge is 0.393 e. The average Bonchev–Trinajstić information content (AvgIpc) is 2.85. The van der Waals surface area contributed by atoms with Crippen LogP contribution in [0.3, 0.4) is 0 Å². The van der Waals surface area contributed by atoms with Crippen LogP contribution in [0.1, 0.15) is 58.3 Å². The zero-order chi connectivity index (χ0) is 12.3. The Balaban J connectivity index is 1.46. The van der Waals surface area contributed by atoms with Crippen LogP contribution in [0, 0.1) is 41.4 Å². The molecule has 1 heteroatoms. The summed E-state index contributed by atoms with van der Waals surface area (Å²) in [6.07, 6.45) is 11.3. The van der Waals surface area contributed by atoms with E-state index < -0.39 is 0 Å². The Labute approximate surface area is 111 Å². The Morgan fingerprint density at radius 2 is 1.67 bits per heavy atom. The molecule has 0 aliphatic heterocycles. The summed E-state index contributed by atoms with van der Waals surface area (Å²) >= 11 is 0. The molecule has 4 aliphatic rings. The number of hydrogen-bond acceptors (Lipinski definition) is 1. The van der Waals surface area contributed by atoms with Gasteiger partial charge in [0.15, 0.2) is 0 Å². The molecule has 4 saturated carbocycles. The van der Waals surface area contributed by atoms with Crippen LogP contribution < -0.4 is 0 Å². The van der Waals surface area contributed by atoms with E-state index in [1.54, 1.807) is 0 Å². The van der Waals surface area contributed by atoms with E-state index >= 15 is 0 Å². The molecule has 7 unspecified atom stereocenters. The third kappa shape index (κ3) is 1.55. The van der Waals surface area contributed by atoms with Gasteiger partial charge in [0.2, 0.25) is 0 Å². The predicted molar refractivity (Wildman–Crippen MR) is 73.0 cm³/mol. The van der Waals surface area contributed by atoms with E-state index in [4.69, 9.17) is 0 Å². The van der Waals surface area contributed by atoms with E-state index in [1.165, 1.54) is 51.4 Å². The highest BCUT2D eigenvalue weighted by atomic mass is 16.3. The van der Waals surface area contributed by atoms with E-state index in [9.17, 15) is 5.11 Å². The Hall–Kier alpha value is -0.0400. The Morgan fingerprint density at radius 3 is 2.33 bits per heavy atom. The maximum absolute atomic E-state index is 10.9. The van der Waals surface area contributed by atoms with Gasteiger partial charge in [-0.25, -0.2) is 0 Å². The second kappa shape index (κ2) is 4.23. The van der Waals surface area contributed by atoms with Crippen LogP contribution in [0.4, 0.5) is 0 Å². The SMILES string of the molecule is CCC1CCCCC1C(O)C1C2C3CCC(C3)C21. The summed E-state index contributed by atoms with van der Waals surface area (Å²) in [4.78, 5) is 0. The van der Waals surface area contributed by atoms with Gasteiger partial charge in [0.25, 0.3) is 0 Å². The molecule has 0 aromatic heterocycles. The first-order chi connectivity index (χ1) is 8.81. The molecule has 1 nitrogen and oxygen atoms in total. The van der Waals surface area contributed by atoms with Crippen molar-refractivity contribution in [3.05, 3.63) is 0 Å². The van der Waals surface area contributed by atoms with Gasteiger partial charge in [-0.05, 0) is 67.1 Å². The highest BCUT2D eigenvalue weighted by Gasteiger charge is 2.67. The molecule has 102 valence electrons. The van der Waals surface area contributed by atoms with E-state index in [2.05, 4.69) is 6.92 Å². The van der Waals surface area contributed by atoms with Crippen molar-refractivity contribution in [2.45, 2.75) is 64.4 Å². The summed E-state index contributed by atoms with van der Waals surface area (Å²) < 4.78 is 0. The Bertz CT molecular complexity index is 310. The molecular formula is C17H28O. The quantitative estimate of drug-likeness (QED) is 0.804. The molecule has 4 fully saturated rings. The van der Waals surface area contributed by atoms with Crippen molar-refractivity contribution in [3.8, 4) is 0 Å². The van der Waals surface area contributed by atoms with Crippen LogP contribution >= 0.6 is 0 Å². The molecule has 4 aliphatic carbocycles. The lowest BCUT2D eigenvalue weighted by Gasteiger charge is -2.35. The van der Waals surface area contributed by atoms with Crippen LogP contribution in [0.15, 0.2) is 0 Å². The average molecular weight is 248 g/mol. The number of rotatable bonds is 3. The minimum atomic E-state index is 0.0636. The van der Waals surface area contributed by atoms with Gasteiger partial charge in [0.1, 0.15) is 0 Å². The molecule has 0 aromatic rings. The maximum Gasteiger partial charge on any atom is 0.0604 e. The van der Waals surface area contributed by atoms with E-state index in [-0.39, 0.29) is 6.10 Å². The smallest absolute Gasteiger partial charge is 0.0604 e. The highest BCUT2D eigenvalue weighted by Crippen LogP contribution is 2.71. The van der Waals surface area contributed by atoms with Crippen LogP contribution in [0.2, 0.25) is 0 Å². The second-order valence-corrected chi connectivity index (χ2v) is 7.67. The second-order valence-electron chi connectivity index (χ2n) is 7.67. The van der Waals surface area contributed by atoms with Crippen molar-refractivity contribution in [1.29, 1.82) is 0 Å². The number of aliphatic hydroxyl groups excluding tert-OH is 1. The first-order valence-corrected chi connectivity index (χ1v) is 8.49. The van der Waals surface area contributed by atoms with Gasteiger partial charge >= 0.3 is 0 Å². The molecule has 2 bridgehead atoms. The standard InChI is InChI=1S/C17H28O/c1-2-10-5-3-4-6-13(10)17(18)16-14-11-7-8-12(9-11)15(14)16/h10-18H,2-9H2,1H3. The van der Waals surface area contributed by atoms with Crippen molar-refractivity contribution >= 4 is 0 Å². The van der Waals surface area contributed by atoms with Gasteiger partial charge in [0.05, 0.1) is 6.10 Å². The lowest BCUT2D eigenvalue weighted by molar-refractivity contribution is 0.0183. The van der Waals surface area contributed by atoms with Crippen LogP contribution in [0.5, 0.6) is 0 Å². The molecule has 0 aromatic carbocycles. The summed E-state index contributed by atoms with van der Waals surface area (Å²) in [6, 6.07) is 0. The topological polar surface area (TPSA) is 20.2 Å². The Kier molecular flexibility index (Phi) is 2.76. The molecule has 0 heterocycles. The molecule has 0 saturated heterocycles. The summed E-state index contributed by atoms with van der Waals surface area (Å²) in [6.45, 7) is 2.33. The zero-order valence-electron chi connectivity index (χ0n) is 11.7. The van der Waals surface area contributed by atoms with E-state index in [0.29, 0.717) is 5.92 Å². The van der Waals surface area contributed by atoms with Gasteiger partial charge in [0, 0.05) is 0 Å². The summed E-state index contributed by atoms with van der Waals surface area (Å²) in [5.74, 6) is 6.16. The van der Waals surface area contributed by atoms with Gasteiger partial charge in [-0.2, -0.15) is 0 Å². The predicted octanol–water partition coefficient (Wildman–Crippen LogP) is 3.86. The van der Waals surface area contributed by atoms with Crippen molar-refractivity contribution in [1.82, 2.24) is 0 Å². The van der Waals surface area contributed by atoms with Gasteiger partial charge < -0.3 is 5.11 Å². The third-order valence-electron chi connectivity index (χ3n) is 7.12. The molecule has 1 N–H and O–H groups in total. The summed E-state index contributed by atoms with van der Waals surface area (Å²) in [5, 5.41) is 10.9.